The van der Waals surface area contributed by atoms with E-state index in [1.54, 1.807) is 0 Å². The van der Waals surface area contributed by atoms with Crippen molar-refractivity contribution < 1.29 is 4.79 Å². The first-order valence-electron chi connectivity index (χ1n) is 6.16. The van der Waals surface area contributed by atoms with Crippen LogP contribution >= 0.6 is 0 Å². The summed E-state index contributed by atoms with van der Waals surface area (Å²) >= 11 is 0. The maximum atomic E-state index is 11.2. The van der Waals surface area contributed by atoms with Gasteiger partial charge < -0.3 is 0 Å². The Morgan fingerprint density at radius 3 is 2.35 bits per heavy atom. The highest BCUT2D eigenvalue weighted by Gasteiger charge is 2.22. The van der Waals surface area contributed by atoms with Crippen LogP contribution in [0.2, 0.25) is 0 Å². The van der Waals surface area contributed by atoms with Gasteiger partial charge in [0.15, 0.2) is 0 Å². The molecule has 1 aromatic rings. The zero-order valence-corrected chi connectivity index (χ0v) is 11.5. The molecule has 0 aromatic heterocycles. The van der Waals surface area contributed by atoms with E-state index < -0.39 is 0 Å². The van der Waals surface area contributed by atoms with Gasteiger partial charge in [0.25, 0.3) is 0 Å². The summed E-state index contributed by atoms with van der Waals surface area (Å²) in [7, 11) is 0. The van der Waals surface area contributed by atoms with E-state index >= 15 is 0 Å². The van der Waals surface area contributed by atoms with Gasteiger partial charge in [0.05, 0.1) is 0 Å². The molecule has 1 aromatic carbocycles. The van der Waals surface area contributed by atoms with Crippen molar-refractivity contribution in [2.45, 2.75) is 41.0 Å². The zero-order valence-electron chi connectivity index (χ0n) is 11.5. The Balaban J connectivity index is 3.45. The topological polar surface area (TPSA) is 17.1 Å². The molecule has 0 atom stereocenters. The fraction of sp³-hybridized carbons (Fsp3) is 0.438. The van der Waals surface area contributed by atoms with E-state index in [2.05, 4.69) is 52.0 Å². The Hall–Kier alpha value is -1.37. The molecule has 0 aliphatic rings. The molecule has 0 unspecified atom stereocenters. The number of hydrogen-bond acceptors (Lipinski definition) is 1. The minimum atomic E-state index is -0.0138. The molecule has 0 N–H and O–H groups in total. The van der Waals surface area contributed by atoms with Crippen molar-refractivity contribution in [2.24, 2.45) is 5.41 Å². The van der Waals surface area contributed by atoms with Crippen LogP contribution in [0.25, 0.3) is 5.57 Å². The third kappa shape index (κ3) is 3.29. The third-order valence-corrected chi connectivity index (χ3v) is 2.90. The van der Waals surface area contributed by atoms with Crippen molar-refractivity contribution >= 4 is 11.9 Å². The van der Waals surface area contributed by atoms with Crippen LogP contribution in [0, 0.1) is 12.3 Å². The van der Waals surface area contributed by atoms with Crippen LogP contribution in [-0.4, -0.2) is 6.29 Å². The quantitative estimate of drug-likeness (QED) is 0.555. The van der Waals surface area contributed by atoms with Gasteiger partial charge in [-0.2, -0.15) is 0 Å². The molecule has 0 aliphatic carbocycles. The lowest BCUT2D eigenvalue weighted by Crippen LogP contribution is -2.12. The zero-order chi connectivity index (χ0) is 13.1. The molecule has 0 radical (unpaired) electrons. The van der Waals surface area contributed by atoms with E-state index in [1.165, 1.54) is 16.7 Å². The minimum absolute atomic E-state index is 0.0138. The van der Waals surface area contributed by atoms with Crippen LogP contribution in [0.15, 0.2) is 29.8 Å². The maximum Gasteiger partial charge on any atom is 0.146 e. The van der Waals surface area contributed by atoms with Gasteiger partial charge in [-0.15, -0.1) is 0 Å². The summed E-state index contributed by atoms with van der Waals surface area (Å²) in [5.41, 5.74) is 4.45. The van der Waals surface area contributed by atoms with Gasteiger partial charge in [-0.3, -0.25) is 4.79 Å². The van der Waals surface area contributed by atoms with Crippen molar-refractivity contribution in [3.8, 4) is 0 Å². The first kappa shape index (κ1) is 13.7. The predicted molar refractivity (Wildman–Crippen MR) is 73.9 cm³/mol. The largest absolute Gasteiger partial charge is 0.298 e. The number of carbonyl (C=O) groups excluding carboxylic acids is 1. The fourth-order valence-corrected chi connectivity index (χ4v) is 2.22. The molecule has 0 saturated carbocycles. The fourth-order valence-electron chi connectivity index (χ4n) is 2.22. The summed E-state index contributed by atoms with van der Waals surface area (Å²) in [4.78, 5) is 11.2. The highest BCUT2D eigenvalue weighted by Crippen LogP contribution is 2.37. The van der Waals surface area contributed by atoms with Crippen molar-refractivity contribution in [2.75, 3.05) is 0 Å². The summed E-state index contributed by atoms with van der Waals surface area (Å²) in [6.07, 6.45) is 1.78. The summed E-state index contributed by atoms with van der Waals surface area (Å²) in [5, 5.41) is 0. The lowest BCUT2D eigenvalue weighted by Gasteiger charge is -2.26. The summed E-state index contributed by atoms with van der Waals surface area (Å²) in [5.74, 6) is 0. The monoisotopic (exact) mass is 230 g/mol. The van der Waals surface area contributed by atoms with Gasteiger partial charge in [0, 0.05) is 0 Å². The minimum Gasteiger partial charge on any atom is -0.298 e. The van der Waals surface area contributed by atoms with E-state index in [-0.39, 0.29) is 5.41 Å². The van der Waals surface area contributed by atoms with Crippen molar-refractivity contribution in [1.29, 1.82) is 0 Å². The Labute approximate surface area is 105 Å². The first-order valence-corrected chi connectivity index (χ1v) is 6.16. The molecule has 0 amide bonds. The molecular weight excluding hydrogens is 208 g/mol. The molecule has 0 fully saturated rings. The Morgan fingerprint density at radius 2 is 1.94 bits per heavy atom. The van der Waals surface area contributed by atoms with Gasteiger partial charge >= 0.3 is 0 Å². The average Bonchev–Trinajstić information content (AvgIpc) is 2.23. The third-order valence-electron chi connectivity index (χ3n) is 2.90. The number of rotatable bonds is 3. The second-order valence-electron chi connectivity index (χ2n) is 5.49. The number of hydrogen-bond donors (Lipinski definition) is 0. The molecule has 0 heterocycles. The van der Waals surface area contributed by atoms with Crippen LogP contribution in [0.1, 0.15) is 45.2 Å². The SMILES string of the molecule is CCC(C=O)=C(c1cccc(C)c1)C(C)(C)C. The second kappa shape index (κ2) is 5.31. The number of allylic oxidation sites excluding steroid dienone is 2. The molecule has 0 saturated heterocycles. The molecule has 17 heavy (non-hydrogen) atoms. The summed E-state index contributed by atoms with van der Waals surface area (Å²) in [6.45, 7) is 10.6. The molecule has 1 nitrogen and oxygen atoms in total. The lowest BCUT2D eigenvalue weighted by atomic mass is 9.78. The second-order valence-corrected chi connectivity index (χ2v) is 5.49. The standard InChI is InChI=1S/C16H22O/c1-6-13(11-17)15(16(3,4)5)14-9-7-8-12(2)10-14/h7-11H,6H2,1-5H3. The molecule has 1 heteroatoms. The Morgan fingerprint density at radius 1 is 1.29 bits per heavy atom. The smallest absolute Gasteiger partial charge is 0.146 e. The van der Waals surface area contributed by atoms with E-state index in [0.29, 0.717) is 0 Å². The average molecular weight is 230 g/mol. The van der Waals surface area contributed by atoms with Crippen LogP contribution in [0.5, 0.6) is 0 Å². The van der Waals surface area contributed by atoms with Crippen LogP contribution in [-0.2, 0) is 4.79 Å². The van der Waals surface area contributed by atoms with E-state index in [0.717, 1.165) is 18.3 Å². The number of aldehydes is 1. The van der Waals surface area contributed by atoms with Gasteiger partial charge in [0.2, 0.25) is 0 Å². The van der Waals surface area contributed by atoms with Crippen LogP contribution in [0.4, 0.5) is 0 Å². The first-order chi connectivity index (χ1) is 7.90. The van der Waals surface area contributed by atoms with Crippen molar-refractivity contribution in [3.05, 3.63) is 41.0 Å². The Kier molecular flexibility index (Phi) is 4.28. The van der Waals surface area contributed by atoms with Gasteiger partial charge in [0.1, 0.15) is 6.29 Å². The maximum absolute atomic E-state index is 11.2. The van der Waals surface area contributed by atoms with Crippen LogP contribution < -0.4 is 0 Å². The molecule has 0 spiro atoms. The van der Waals surface area contributed by atoms with Gasteiger partial charge in [-0.05, 0) is 35.5 Å². The number of benzene rings is 1. The highest BCUT2D eigenvalue weighted by atomic mass is 16.1. The normalized spacial score (nSPS) is 13.2. The summed E-state index contributed by atoms with van der Waals surface area (Å²) in [6, 6.07) is 8.37. The predicted octanol–water partition coefficient (Wildman–Crippen LogP) is 4.40. The lowest BCUT2D eigenvalue weighted by molar-refractivity contribution is -0.105. The Bertz CT molecular complexity index is 433. The van der Waals surface area contributed by atoms with E-state index in [4.69, 9.17) is 0 Å². The van der Waals surface area contributed by atoms with Crippen molar-refractivity contribution in [1.82, 2.24) is 0 Å². The molecule has 0 bridgehead atoms. The highest BCUT2D eigenvalue weighted by molar-refractivity contribution is 5.89. The molecular formula is C16H22O. The van der Waals surface area contributed by atoms with Gasteiger partial charge in [-0.1, -0.05) is 57.5 Å². The van der Waals surface area contributed by atoms with Crippen molar-refractivity contribution in [3.63, 3.8) is 0 Å². The van der Waals surface area contributed by atoms with E-state index in [9.17, 15) is 4.79 Å². The molecule has 1 rings (SSSR count). The van der Waals surface area contributed by atoms with Crippen LogP contribution in [0.3, 0.4) is 0 Å². The molecule has 0 aliphatic heterocycles. The van der Waals surface area contributed by atoms with E-state index in [1.807, 2.05) is 6.92 Å². The number of carbonyl (C=O) groups is 1. The van der Waals surface area contributed by atoms with Gasteiger partial charge in [-0.25, -0.2) is 0 Å². The number of aryl methyl sites for hydroxylation is 1. The summed E-state index contributed by atoms with van der Waals surface area (Å²) < 4.78 is 0. The molecule has 92 valence electrons.